The van der Waals surface area contributed by atoms with Gasteiger partial charge in [0.1, 0.15) is 11.5 Å². The van der Waals surface area contributed by atoms with Gasteiger partial charge in [0, 0.05) is 17.1 Å². The van der Waals surface area contributed by atoms with Crippen molar-refractivity contribution in [1.29, 1.82) is 0 Å². The maximum atomic E-state index is 6.08. The molecule has 0 aliphatic carbocycles. The molecule has 0 aliphatic rings. The summed E-state index contributed by atoms with van der Waals surface area (Å²) in [5.41, 5.74) is 6.57. The normalized spacial score (nSPS) is 10.4. The first-order chi connectivity index (χ1) is 8.60. The Bertz CT molecular complexity index is 558. The quantitative estimate of drug-likeness (QED) is 0.793. The second-order valence-corrected chi connectivity index (χ2v) is 5.32. The Morgan fingerprint density at radius 3 is 2.33 bits per heavy atom. The minimum absolute atomic E-state index is 0.495. The van der Waals surface area contributed by atoms with Crippen LogP contribution >= 0.6 is 39.1 Å². The highest BCUT2D eigenvalue weighted by atomic mass is 79.9. The highest BCUT2D eigenvalue weighted by Gasteiger charge is 2.07. The van der Waals surface area contributed by atoms with Crippen LogP contribution in [0.25, 0.3) is 0 Å². The van der Waals surface area contributed by atoms with Crippen LogP contribution < -0.4 is 10.5 Å². The molecule has 0 aromatic heterocycles. The van der Waals surface area contributed by atoms with Gasteiger partial charge in [0.2, 0.25) is 0 Å². The molecule has 94 valence electrons. The molecular formula is C13H10BrCl2NO. The molecular weight excluding hydrogens is 337 g/mol. The fourth-order valence-electron chi connectivity index (χ4n) is 1.40. The van der Waals surface area contributed by atoms with Crippen molar-refractivity contribution in [2.75, 3.05) is 0 Å². The third kappa shape index (κ3) is 3.18. The number of ether oxygens (including phenoxy) is 1. The molecule has 0 bridgehead atoms. The molecule has 2 aromatic carbocycles. The smallest absolute Gasteiger partial charge is 0.147 e. The van der Waals surface area contributed by atoms with E-state index < -0.39 is 0 Å². The Balaban J connectivity index is 2.25. The second-order valence-electron chi connectivity index (χ2n) is 3.65. The van der Waals surface area contributed by atoms with Gasteiger partial charge < -0.3 is 10.5 Å². The molecule has 2 N–H and O–H groups in total. The van der Waals surface area contributed by atoms with Crippen LogP contribution in [0, 0.1) is 0 Å². The zero-order valence-corrected chi connectivity index (χ0v) is 12.4. The standard InChI is InChI=1S/C13H10BrCl2NO/c14-10-5-12(16)13(6-11(10)15)18-9-3-1-8(7-17)2-4-9/h1-6H,7,17H2. The van der Waals surface area contributed by atoms with Crippen LogP contribution in [-0.4, -0.2) is 0 Å². The lowest BCUT2D eigenvalue weighted by Crippen LogP contribution is -1.95. The van der Waals surface area contributed by atoms with Gasteiger partial charge in [-0.1, -0.05) is 35.3 Å². The van der Waals surface area contributed by atoms with Gasteiger partial charge in [0.05, 0.1) is 10.0 Å². The van der Waals surface area contributed by atoms with Gasteiger partial charge in [-0.2, -0.15) is 0 Å². The molecule has 0 atom stereocenters. The maximum absolute atomic E-state index is 6.08. The van der Waals surface area contributed by atoms with Crippen molar-refractivity contribution in [3.63, 3.8) is 0 Å². The van der Waals surface area contributed by atoms with Crippen molar-refractivity contribution in [3.05, 3.63) is 56.5 Å². The van der Waals surface area contributed by atoms with Gasteiger partial charge in [-0.25, -0.2) is 0 Å². The van der Waals surface area contributed by atoms with Gasteiger partial charge in [-0.3, -0.25) is 0 Å². The average Bonchev–Trinajstić information content (AvgIpc) is 2.37. The molecule has 18 heavy (non-hydrogen) atoms. The van der Waals surface area contributed by atoms with Crippen LogP contribution in [0.1, 0.15) is 5.56 Å². The van der Waals surface area contributed by atoms with Crippen LogP contribution in [0.5, 0.6) is 11.5 Å². The first-order valence-electron chi connectivity index (χ1n) is 5.21. The lowest BCUT2D eigenvalue weighted by molar-refractivity contribution is 0.482. The molecule has 0 fully saturated rings. The summed E-state index contributed by atoms with van der Waals surface area (Å²) in [4.78, 5) is 0. The molecule has 0 saturated carbocycles. The lowest BCUT2D eigenvalue weighted by Gasteiger charge is -2.09. The summed E-state index contributed by atoms with van der Waals surface area (Å²) in [5, 5.41) is 1.04. The Morgan fingerprint density at radius 2 is 1.72 bits per heavy atom. The van der Waals surface area contributed by atoms with E-state index in [0.717, 1.165) is 10.0 Å². The fourth-order valence-corrected chi connectivity index (χ4v) is 2.23. The number of rotatable bonds is 3. The van der Waals surface area contributed by atoms with Gasteiger partial charge in [-0.15, -0.1) is 0 Å². The van der Waals surface area contributed by atoms with E-state index in [0.29, 0.717) is 28.1 Å². The molecule has 5 heteroatoms. The van der Waals surface area contributed by atoms with E-state index >= 15 is 0 Å². The number of hydrogen-bond donors (Lipinski definition) is 1. The molecule has 0 aliphatic heterocycles. The number of hydrogen-bond acceptors (Lipinski definition) is 2. The van der Waals surface area contributed by atoms with E-state index in [4.69, 9.17) is 33.7 Å². The molecule has 2 nitrogen and oxygen atoms in total. The molecule has 0 saturated heterocycles. The largest absolute Gasteiger partial charge is 0.456 e. The second kappa shape index (κ2) is 5.93. The van der Waals surface area contributed by atoms with E-state index in [1.165, 1.54) is 0 Å². The summed E-state index contributed by atoms with van der Waals surface area (Å²) in [6.45, 7) is 0.505. The zero-order valence-electron chi connectivity index (χ0n) is 9.29. The molecule has 0 radical (unpaired) electrons. The number of nitrogens with two attached hydrogens (primary N) is 1. The zero-order chi connectivity index (χ0) is 13.1. The van der Waals surface area contributed by atoms with Crippen LogP contribution in [0.4, 0.5) is 0 Å². The average molecular weight is 347 g/mol. The van der Waals surface area contributed by atoms with E-state index in [2.05, 4.69) is 15.9 Å². The monoisotopic (exact) mass is 345 g/mol. The lowest BCUT2D eigenvalue weighted by atomic mass is 10.2. The molecule has 0 amide bonds. The van der Waals surface area contributed by atoms with Crippen LogP contribution in [0.2, 0.25) is 10.0 Å². The van der Waals surface area contributed by atoms with Gasteiger partial charge in [0.15, 0.2) is 0 Å². The highest BCUT2D eigenvalue weighted by molar-refractivity contribution is 9.10. The topological polar surface area (TPSA) is 35.2 Å². The van der Waals surface area contributed by atoms with Crippen LogP contribution in [-0.2, 0) is 6.54 Å². The van der Waals surface area contributed by atoms with Crippen molar-refractivity contribution in [3.8, 4) is 11.5 Å². The van der Waals surface area contributed by atoms with Crippen LogP contribution in [0.15, 0.2) is 40.9 Å². The first-order valence-corrected chi connectivity index (χ1v) is 6.76. The number of benzene rings is 2. The predicted molar refractivity (Wildman–Crippen MR) is 78.6 cm³/mol. The minimum Gasteiger partial charge on any atom is -0.456 e. The third-order valence-electron chi connectivity index (χ3n) is 2.36. The molecule has 2 aromatic rings. The van der Waals surface area contributed by atoms with E-state index in [1.807, 2.05) is 24.3 Å². The van der Waals surface area contributed by atoms with Gasteiger partial charge in [0.25, 0.3) is 0 Å². The van der Waals surface area contributed by atoms with Crippen molar-refractivity contribution in [1.82, 2.24) is 0 Å². The SMILES string of the molecule is NCc1ccc(Oc2cc(Cl)c(Br)cc2Cl)cc1. The summed E-state index contributed by atoms with van der Waals surface area (Å²) in [5.74, 6) is 1.21. The Morgan fingerprint density at radius 1 is 1.06 bits per heavy atom. The first kappa shape index (κ1) is 13.7. The van der Waals surface area contributed by atoms with Crippen molar-refractivity contribution in [2.24, 2.45) is 5.73 Å². The Kier molecular flexibility index (Phi) is 4.51. The highest BCUT2D eigenvalue weighted by Crippen LogP contribution is 2.36. The summed E-state index contributed by atoms with van der Waals surface area (Å²) in [6.07, 6.45) is 0. The predicted octanol–water partition coefficient (Wildman–Crippen LogP) is 5.01. The summed E-state index contributed by atoms with van der Waals surface area (Å²) in [7, 11) is 0. The molecule has 2 rings (SSSR count). The summed E-state index contributed by atoms with van der Waals surface area (Å²) < 4.78 is 6.40. The number of halogens is 3. The van der Waals surface area contributed by atoms with Crippen LogP contribution in [0.3, 0.4) is 0 Å². The van der Waals surface area contributed by atoms with Crippen molar-refractivity contribution in [2.45, 2.75) is 6.54 Å². The van der Waals surface area contributed by atoms with Crippen molar-refractivity contribution < 1.29 is 4.74 Å². The molecule has 0 heterocycles. The molecule has 0 unspecified atom stereocenters. The van der Waals surface area contributed by atoms with Crippen molar-refractivity contribution >= 4 is 39.1 Å². The third-order valence-corrected chi connectivity index (χ3v) is 3.85. The minimum atomic E-state index is 0.495. The summed E-state index contributed by atoms with van der Waals surface area (Å²) >= 11 is 15.4. The van der Waals surface area contributed by atoms with E-state index in [1.54, 1.807) is 12.1 Å². The van der Waals surface area contributed by atoms with Gasteiger partial charge >= 0.3 is 0 Å². The fraction of sp³-hybridized carbons (Fsp3) is 0.0769. The maximum Gasteiger partial charge on any atom is 0.147 e. The Hall–Kier alpha value is -0.740. The Labute approximate surface area is 124 Å². The molecule has 0 spiro atoms. The van der Waals surface area contributed by atoms with Gasteiger partial charge in [-0.05, 0) is 39.7 Å². The van der Waals surface area contributed by atoms with E-state index in [-0.39, 0.29) is 0 Å². The van der Waals surface area contributed by atoms with E-state index in [9.17, 15) is 0 Å². The summed E-state index contributed by atoms with van der Waals surface area (Å²) in [6, 6.07) is 10.9.